The zero-order valence-corrected chi connectivity index (χ0v) is 15.4. The Morgan fingerprint density at radius 2 is 2.16 bits per heavy atom. The molecule has 0 aromatic carbocycles. The molecule has 0 spiro atoms. The van der Waals surface area contributed by atoms with Gasteiger partial charge in [-0.2, -0.15) is 0 Å². The normalized spacial score (nSPS) is 42.5. The Hall–Kier alpha value is -1.60. The average molecular weight is 347 g/mol. The summed E-state index contributed by atoms with van der Waals surface area (Å²) in [7, 11) is 0. The fourth-order valence-corrected chi connectivity index (χ4v) is 4.86. The quantitative estimate of drug-likeness (QED) is 0.574. The molecular weight excluding hydrogens is 318 g/mol. The standard InChI is InChI=1S/C18H29N5O2/c1-8-13(10-5-11(10)14(8)24)20-6-9-7-23(18(2,3)4)15-12(9)16(25)22-17(19)21-15/h7-8,10-15,20,24H,5-6H2,1-4H3,(H3,19,21,22,25). The number of aliphatic hydroxyl groups is 1. The molecule has 2 fully saturated rings. The molecule has 7 atom stereocenters. The largest absolute Gasteiger partial charge is 0.392 e. The molecule has 4 rings (SSSR count). The number of aliphatic imine (C=N–C) groups is 1. The molecule has 2 aliphatic carbocycles. The molecule has 0 bridgehead atoms. The van der Waals surface area contributed by atoms with Gasteiger partial charge in [-0.1, -0.05) is 6.92 Å². The fraction of sp³-hybridized carbons (Fsp3) is 0.778. The molecule has 0 saturated heterocycles. The van der Waals surface area contributed by atoms with E-state index < -0.39 is 0 Å². The van der Waals surface area contributed by atoms with Gasteiger partial charge < -0.3 is 21.1 Å². The monoisotopic (exact) mass is 347 g/mol. The first-order valence-corrected chi connectivity index (χ1v) is 9.23. The third-order valence-electron chi connectivity index (χ3n) is 6.31. The van der Waals surface area contributed by atoms with Gasteiger partial charge in [-0.15, -0.1) is 0 Å². The first-order chi connectivity index (χ1) is 11.7. The Morgan fingerprint density at radius 3 is 2.76 bits per heavy atom. The zero-order chi connectivity index (χ0) is 18.1. The first kappa shape index (κ1) is 16.8. The summed E-state index contributed by atoms with van der Waals surface area (Å²) >= 11 is 0. The van der Waals surface area contributed by atoms with E-state index in [1.807, 2.05) is 0 Å². The van der Waals surface area contributed by atoms with E-state index in [-0.39, 0.29) is 41.5 Å². The van der Waals surface area contributed by atoms with Crippen LogP contribution in [0.5, 0.6) is 0 Å². The van der Waals surface area contributed by atoms with E-state index >= 15 is 0 Å². The molecule has 1 amide bonds. The lowest BCUT2D eigenvalue weighted by atomic mass is 9.94. The predicted octanol–water partition coefficient (Wildman–Crippen LogP) is -0.0239. The zero-order valence-electron chi connectivity index (χ0n) is 15.4. The van der Waals surface area contributed by atoms with E-state index in [1.54, 1.807) is 0 Å². The summed E-state index contributed by atoms with van der Waals surface area (Å²) < 4.78 is 0. The SMILES string of the molecule is CC1C(O)C2CC2C1NCC1=CN(C(C)(C)C)C2N=C(N)NC(=O)C12. The van der Waals surface area contributed by atoms with Crippen molar-refractivity contribution in [2.45, 2.75) is 58.0 Å². The minimum absolute atomic E-state index is 0.0823. The van der Waals surface area contributed by atoms with Crippen molar-refractivity contribution in [3.63, 3.8) is 0 Å². The Bertz CT molecular complexity index is 652. The van der Waals surface area contributed by atoms with Gasteiger partial charge in [0.1, 0.15) is 12.1 Å². The average Bonchev–Trinajstić information content (AvgIpc) is 3.13. The van der Waals surface area contributed by atoms with E-state index in [9.17, 15) is 9.90 Å². The molecule has 0 radical (unpaired) electrons. The molecule has 7 unspecified atom stereocenters. The van der Waals surface area contributed by atoms with Crippen LogP contribution in [0.15, 0.2) is 16.8 Å². The number of hydrogen-bond donors (Lipinski definition) is 4. The van der Waals surface area contributed by atoms with E-state index in [2.05, 4.69) is 54.4 Å². The Labute approximate surface area is 148 Å². The van der Waals surface area contributed by atoms with Crippen LogP contribution in [0.1, 0.15) is 34.1 Å². The highest BCUT2D eigenvalue weighted by Crippen LogP contribution is 2.54. The van der Waals surface area contributed by atoms with Crippen molar-refractivity contribution in [2.24, 2.45) is 34.4 Å². The number of fused-ring (bicyclic) bond motifs is 2. The second kappa shape index (κ2) is 5.45. The Morgan fingerprint density at radius 1 is 1.44 bits per heavy atom. The lowest BCUT2D eigenvalue weighted by molar-refractivity contribution is -0.124. The Kier molecular flexibility index (Phi) is 3.67. The minimum Gasteiger partial charge on any atom is -0.392 e. The van der Waals surface area contributed by atoms with Gasteiger partial charge in [0.05, 0.1) is 6.10 Å². The molecule has 4 aliphatic rings. The number of rotatable bonds is 3. The van der Waals surface area contributed by atoms with Gasteiger partial charge in [-0.3, -0.25) is 10.1 Å². The number of nitrogens with one attached hydrogen (secondary N) is 2. The molecule has 5 N–H and O–H groups in total. The van der Waals surface area contributed by atoms with Gasteiger partial charge in [0.25, 0.3) is 0 Å². The summed E-state index contributed by atoms with van der Waals surface area (Å²) in [4.78, 5) is 19.2. The third kappa shape index (κ3) is 2.64. The maximum absolute atomic E-state index is 12.5. The van der Waals surface area contributed by atoms with E-state index in [1.165, 1.54) is 0 Å². The summed E-state index contributed by atoms with van der Waals surface area (Å²) in [6.45, 7) is 9.08. The van der Waals surface area contributed by atoms with Crippen molar-refractivity contribution >= 4 is 11.9 Å². The van der Waals surface area contributed by atoms with Crippen molar-refractivity contribution in [3.05, 3.63) is 11.8 Å². The molecule has 2 heterocycles. The third-order valence-corrected chi connectivity index (χ3v) is 6.31. The van der Waals surface area contributed by atoms with E-state index in [4.69, 9.17) is 5.73 Å². The van der Waals surface area contributed by atoms with Crippen LogP contribution in [0, 0.1) is 23.7 Å². The van der Waals surface area contributed by atoms with Crippen molar-refractivity contribution in [1.29, 1.82) is 0 Å². The summed E-state index contributed by atoms with van der Waals surface area (Å²) in [5.41, 5.74) is 6.68. The van der Waals surface area contributed by atoms with Crippen molar-refractivity contribution in [1.82, 2.24) is 15.5 Å². The summed E-state index contributed by atoms with van der Waals surface area (Å²) in [6, 6.07) is 0.322. The topological polar surface area (TPSA) is 103 Å². The number of carbonyl (C=O) groups excluding carboxylic acids is 1. The number of guanidine groups is 1. The molecular formula is C18H29N5O2. The maximum Gasteiger partial charge on any atom is 0.238 e. The second-order valence-corrected chi connectivity index (χ2v) is 9.00. The molecule has 25 heavy (non-hydrogen) atoms. The van der Waals surface area contributed by atoms with Crippen LogP contribution >= 0.6 is 0 Å². The number of amides is 1. The smallest absolute Gasteiger partial charge is 0.238 e. The number of aliphatic hydroxyl groups excluding tert-OH is 1. The minimum atomic E-state index is -0.310. The highest BCUT2D eigenvalue weighted by Gasteiger charge is 2.57. The molecule has 2 saturated carbocycles. The Balaban J connectivity index is 1.53. The first-order valence-electron chi connectivity index (χ1n) is 9.23. The van der Waals surface area contributed by atoms with Gasteiger partial charge >= 0.3 is 0 Å². The molecule has 0 aromatic heterocycles. The maximum atomic E-state index is 12.5. The van der Waals surface area contributed by atoms with Crippen LogP contribution in [-0.2, 0) is 4.79 Å². The highest BCUT2D eigenvalue weighted by molar-refractivity contribution is 6.01. The summed E-state index contributed by atoms with van der Waals surface area (Å²) in [6.07, 6.45) is 2.72. The fourth-order valence-electron chi connectivity index (χ4n) is 4.86. The van der Waals surface area contributed by atoms with Crippen molar-refractivity contribution < 1.29 is 9.90 Å². The van der Waals surface area contributed by atoms with Gasteiger partial charge in [-0.25, -0.2) is 4.99 Å². The number of nitrogens with two attached hydrogens (primary N) is 1. The lowest BCUT2D eigenvalue weighted by Gasteiger charge is -2.38. The predicted molar refractivity (Wildman–Crippen MR) is 95.3 cm³/mol. The van der Waals surface area contributed by atoms with E-state index in [0.717, 1.165) is 12.0 Å². The van der Waals surface area contributed by atoms with Gasteiger partial charge in [0.15, 0.2) is 5.96 Å². The summed E-state index contributed by atoms with van der Waals surface area (Å²) in [5, 5.41) is 16.5. The van der Waals surface area contributed by atoms with E-state index in [0.29, 0.717) is 24.4 Å². The second-order valence-electron chi connectivity index (χ2n) is 9.00. The van der Waals surface area contributed by atoms with Crippen LogP contribution in [0.25, 0.3) is 0 Å². The van der Waals surface area contributed by atoms with Crippen molar-refractivity contribution in [3.8, 4) is 0 Å². The number of carbonyl (C=O) groups is 1. The van der Waals surface area contributed by atoms with Crippen LogP contribution in [-0.4, -0.2) is 52.3 Å². The highest BCUT2D eigenvalue weighted by atomic mass is 16.3. The number of nitrogens with zero attached hydrogens (tertiary/aromatic N) is 2. The van der Waals surface area contributed by atoms with Crippen LogP contribution in [0.2, 0.25) is 0 Å². The lowest BCUT2D eigenvalue weighted by Crippen LogP contribution is -2.54. The van der Waals surface area contributed by atoms with Gasteiger partial charge in [0, 0.05) is 24.3 Å². The molecule has 138 valence electrons. The van der Waals surface area contributed by atoms with Crippen LogP contribution in [0.4, 0.5) is 0 Å². The van der Waals surface area contributed by atoms with Gasteiger partial charge in [0.2, 0.25) is 5.91 Å². The van der Waals surface area contributed by atoms with Gasteiger partial charge in [-0.05, 0) is 50.5 Å². The number of hydrogen-bond acceptors (Lipinski definition) is 6. The molecule has 7 nitrogen and oxygen atoms in total. The molecule has 0 aromatic rings. The van der Waals surface area contributed by atoms with Crippen LogP contribution < -0.4 is 16.4 Å². The van der Waals surface area contributed by atoms with Crippen molar-refractivity contribution in [2.75, 3.05) is 6.54 Å². The molecule has 7 heteroatoms. The van der Waals surface area contributed by atoms with Crippen LogP contribution in [0.3, 0.4) is 0 Å². The molecule has 2 aliphatic heterocycles. The summed E-state index contributed by atoms with van der Waals surface area (Å²) in [5.74, 6) is 1.10.